The smallest absolute Gasteiger partial charge is 0.0624 e. The second-order valence-electron chi connectivity index (χ2n) is 22.3. The third-order valence-electron chi connectivity index (χ3n) is 17.9. The summed E-state index contributed by atoms with van der Waals surface area (Å²) >= 11 is 0. The van der Waals surface area contributed by atoms with E-state index in [4.69, 9.17) is 0 Å². The van der Waals surface area contributed by atoms with Gasteiger partial charge in [-0.05, 0) is 163 Å². The van der Waals surface area contributed by atoms with Crippen LogP contribution in [0.25, 0.3) is 136 Å². The molecule has 0 bridgehead atoms. The van der Waals surface area contributed by atoms with Crippen LogP contribution in [-0.2, 0) is 5.41 Å². The highest BCUT2D eigenvalue weighted by molar-refractivity contribution is 6.31. The fourth-order valence-corrected chi connectivity index (χ4v) is 14.3. The summed E-state index contributed by atoms with van der Waals surface area (Å²) < 4.78 is 2.48. The van der Waals surface area contributed by atoms with E-state index in [0.29, 0.717) is 0 Å². The summed E-state index contributed by atoms with van der Waals surface area (Å²) in [6.45, 7) is 4.79. The molecule has 1 aliphatic rings. The Hall–Kier alpha value is -10.0. The molecule has 2 heteroatoms. The number of benzene rings is 15. The standard InChI is InChI=1S/C77H50N2/c1-77(2)71-29-15-13-26-64(71)65-39-36-52(46-72(65)77)78(50-34-37-54-48(43-50)32-31-47-17-3-4-18-53(47)54)76-55(40-41-68-61-24-9-7-22-59(61)60-23-11-12-28-67(60)75(68)76)49-33-42-74-70(44-49)66-27-14-16-30-73(66)79(74)51-35-38-63-58-21-6-5-19-56(58)57-20-8-10-25-62(57)69(63)45-51/h3-46H,1-2H3. The van der Waals surface area contributed by atoms with Crippen LogP contribution in [0.2, 0.25) is 0 Å². The third-order valence-corrected chi connectivity index (χ3v) is 17.9. The van der Waals surface area contributed by atoms with Gasteiger partial charge in [-0.3, -0.25) is 0 Å². The molecule has 15 aromatic carbocycles. The summed E-state index contributed by atoms with van der Waals surface area (Å²) in [5, 5.41) is 22.5. The minimum Gasteiger partial charge on any atom is -0.309 e. The van der Waals surface area contributed by atoms with E-state index in [-0.39, 0.29) is 5.41 Å². The van der Waals surface area contributed by atoms with E-state index in [9.17, 15) is 0 Å². The van der Waals surface area contributed by atoms with Gasteiger partial charge in [0, 0.05) is 44.2 Å². The van der Waals surface area contributed by atoms with E-state index in [1.807, 2.05) is 0 Å². The Labute approximate surface area is 457 Å². The second-order valence-corrected chi connectivity index (χ2v) is 22.3. The van der Waals surface area contributed by atoms with Gasteiger partial charge >= 0.3 is 0 Å². The molecule has 2 nitrogen and oxygen atoms in total. The first kappa shape index (κ1) is 44.1. The first-order valence-corrected chi connectivity index (χ1v) is 27.7. The maximum absolute atomic E-state index is 2.60. The minimum atomic E-state index is -0.203. The van der Waals surface area contributed by atoms with Gasteiger partial charge in [-0.2, -0.15) is 0 Å². The van der Waals surface area contributed by atoms with Gasteiger partial charge in [0.25, 0.3) is 0 Å². The molecule has 16 aromatic rings. The number of hydrogen-bond acceptors (Lipinski definition) is 1. The van der Waals surface area contributed by atoms with Crippen LogP contribution in [0.1, 0.15) is 25.0 Å². The van der Waals surface area contributed by atoms with Gasteiger partial charge in [-0.1, -0.05) is 226 Å². The number of anilines is 3. The summed E-state index contributed by atoms with van der Waals surface area (Å²) in [6.07, 6.45) is 0. The van der Waals surface area contributed by atoms with Crippen molar-refractivity contribution in [2.45, 2.75) is 19.3 Å². The topological polar surface area (TPSA) is 8.17 Å². The molecule has 17 rings (SSSR count). The molecule has 0 aliphatic heterocycles. The molecule has 0 unspecified atom stereocenters. The van der Waals surface area contributed by atoms with Crippen molar-refractivity contribution >= 4 is 125 Å². The number of rotatable bonds is 5. The number of fused-ring (bicyclic) bond motifs is 21. The monoisotopic (exact) mass is 1000 g/mol. The van der Waals surface area contributed by atoms with Gasteiger partial charge in [0.1, 0.15) is 0 Å². The van der Waals surface area contributed by atoms with Gasteiger partial charge in [0.15, 0.2) is 0 Å². The fraction of sp³-hybridized carbons (Fsp3) is 0.0390. The lowest BCUT2D eigenvalue weighted by Crippen LogP contribution is -2.17. The van der Waals surface area contributed by atoms with E-state index in [2.05, 4.69) is 290 Å². The van der Waals surface area contributed by atoms with Crippen LogP contribution in [0.3, 0.4) is 0 Å². The molecule has 0 amide bonds. The molecule has 79 heavy (non-hydrogen) atoms. The first-order chi connectivity index (χ1) is 39.0. The van der Waals surface area contributed by atoms with Gasteiger partial charge < -0.3 is 9.47 Å². The zero-order valence-electron chi connectivity index (χ0n) is 43.8. The molecule has 0 N–H and O–H groups in total. The maximum atomic E-state index is 2.60. The third kappa shape index (κ3) is 6.29. The Balaban J connectivity index is 0.965. The van der Waals surface area contributed by atoms with Crippen molar-refractivity contribution in [3.63, 3.8) is 0 Å². The molecule has 1 aromatic heterocycles. The Kier molecular flexibility index (Phi) is 9.22. The quantitative estimate of drug-likeness (QED) is 0.156. The summed E-state index contributed by atoms with van der Waals surface area (Å²) in [4.78, 5) is 2.60. The highest BCUT2D eigenvalue weighted by atomic mass is 15.1. The van der Waals surface area contributed by atoms with Crippen molar-refractivity contribution in [2.75, 3.05) is 4.90 Å². The highest BCUT2D eigenvalue weighted by Crippen LogP contribution is 2.54. The van der Waals surface area contributed by atoms with Crippen molar-refractivity contribution in [3.8, 4) is 27.9 Å². The van der Waals surface area contributed by atoms with Gasteiger partial charge in [0.2, 0.25) is 0 Å². The van der Waals surface area contributed by atoms with Crippen LogP contribution in [0, 0.1) is 0 Å². The molecule has 1 aliphatic carbocycles. The summed E-state index contributed by atoms with van der Waals surface area (Å²) in [7, 11) is 0. The Bertz CT molecular complexity index is 5240. The van der Waals surface area contributed by atoms with E-state index < -0.39 is 0 Å². The van der Waals surface area contributed by atoms with Crippen LogP contribution in [-0.4, -0.2) is 4.57 Å². The van der Waals surface area contributed by atoms with Gasteiger partial charge in [-0.15, -0.1) is 0 Å². The second kappa shape index (κ2) is 16.5. The van der Waals surface area contributed by atoms with E-state index in [1.165, 1.54) is 130 Å². The first-order valence-electron chi connectivity index (χ1n) is 27.7. The van der Waals surface area contributed by atoms with E-state index in [1.54, 1.807) is 0 Å². The van der Waals surface area contributed by atoms with Crippen LogP contribution in [0.4, 0.5) is 17.1 Å². The minimum absolute atomic E-state index is 0.203. The zero-order valence-corrected chi connectivity index (χ0v) is 43.8. The maximum Gasteiger partial charge on any atom is 0.0624 e. The van der Waals surface area contributed by atoms with Crippen LogP contribution in [0.15, 0.2) is 267 Å². The van der Waals surface area contributed by atoms with Gasteiger partial charge in [-0.25, -0.2) is 0 Å². The van der Waals surface area contributed by atoms with E-state index >= 15 is 0 Å². The Morgan fingerprint density at radius 1 is 0.291 bits per heavy atom. The highest BCUT2D eigenvalue weighted by Gasteiger charge is 2.36. The molecular formula is C77H50N2. The summed E-state index contributed by atoms with van der Waals surface area (Å²) in [5.41, 5.74) is 14.3. The predicted molar refractivity (Wildman–Crippen MR) is 339 cm³/mol. The summed E-state index contributed by atoms with van der Waals surface area (Å²) in [5.74, 6) is 0. The molecule has 0 spiro atoms. The molecule has 368 valence electrons. The average molecular weight is 1000 g/mol. The van der Waals surface area contributed by atoms with Crippen molar-refractivity contribution in [3.05, 3.63) is 278 Å². The molecular weight excluding hydrogens is 953 g/mol. The molecule has 0 saturated carbocycles. The van der Waals surface area contributed by atoms with Crippen molar-refractivity contribution in [1.29, 1.82) is 0 Å². The van der Waals surface area contributed by atoms with Crippen molar-refractivity contribution in [2.24, 2.45) is 0 Å². The SMILES string of the molecule is CC1(C)c2ccccc2-c2ccc(N(c3ccc4c(ccc5ccccc54)c3)c3c(-c4ccc5c(c4)c4ccccc4n5-c4ccc5c6ccccc6c6ccccc6c5c4)ccc4c5ccccc5c5ccccc5c34)cc21. The molecule has 1 heterocycles. The lowest BCUT2D eigenvalue weighted by atomic mass is 9.82. The number of aromatic nitrogens is 1. The summed E-state index contributed by atoms with van der Waals surface area (Å²) in [6, 6.07) is 101. The number of nitrogens with zero attached hydrogens (tertiary/aromatic N) is 2. The molecule has 0 radical (unpaired) electrons. The Morgan fingerprint density at radius 2 is 0.772 bits per heavy atom. The van der Waals surface area contributed by atoms with Crippen LogP contribution < -0.4 is 4.90 Å². The molecule has 0 saturated heterocycles. The molecule has 0 fully saturated rings. The zero-order chi connectivity index (χ0) is 52.1. The lowest BCUT2D eigenvalue weighted by Gasteiger charge is -2.32. The van der Waals surface area contributed by atoms with Crippen molar-refractivity contribution in [1.82, 2.24) is 4.57 Å². The number of hydrogen-bond donors (Lipinski definition) is 0. The van der Waals surface area contributed by atoms with Crippen LogP contribution in [0.5, 0.6) is 0 Å². The fourth-order valence-electron chi connectivity index (χ4n) is 14.3. The Morgan fingerprint density at radius 3 is 1.51 bits per heavy atom. The average Bonchev–Trinajstić information content (AvgIpc) is 4.19. The lowest BCUT2D eigenvalue weighted by molar-refractivity contribution is 0.660. The van der Waals surface area contributed by atoms with E-state index in [0.717, 1.165) is 33.9 Å². The molecule has 0 atom stereocenters. The predicted octanol–water partition coefficient (Wildman–Crippen LogP) is 21.5. The van der Waals surface area contributed by atoms with Crippen molar-refractivity contribution < 1.29 is 0 Å². The van der Waals surface area contributed by atoms with Crippen LogP contribution >= 0.6 is 0 Å². The number of para-hydroxylation sites is 1. The largest absolute Gasteiger partial charge is 0.309 e. The normalized spacial score (nSPS) is 13.0. The van der Waals surface area contributed by atoms with Gasteiger partial charge in [0.05, 0.1) is 16.7 Å².